The molecule has 1 aliphatic rings. The summed E-state index contributed by atoms with van der Waals surface area (Å²) in [6, 6.07) is 10.3. The Balaban J connectivity index is 2.08. The lowest BCUT2D eigenvalue weighted by atomic mass is 9.78. The van der Waals surface area contributed by atoms with Gasteiger partial charge >= 0.3 is 5.97 Å². The zero-order valence-electron chi connectivity index (χ0n) is 8.73. The Hall–Kier alpha value is -1.31. The van der Waals surface area contributed by atoms with Gasteiger partial charge in [0.05, 0.1) is 5.92 Å². The number of rotatable bonds is 2. The van der Waals surface area contributed by atoms with E-state index in [-0.39, 0.29) is 5.92 Å². The van der Waals surface area contributed by atoms with E-state index in [1.807, 2.05) is 18.2 Å². The summed E-state index contributed by atoms with van der Waals surface area (Å²) in [7, 11) is 0. The highest BCUT2D eigenvalue weighted by atomic mass is 16.4. The molecule has 0 aliphatic heterocycles. The summed E-state index contributed by atoms with van der Waals surface area (Å²) in [5.74, 6) is -0.319. The molecule has 80 valence electrons. The van der Waals surface area contributed by atoms with Gasteiger partial charge < -0.3 is 5.11 Å². The molecule has 15 heavy (non-hydrogen) atoms. The van der Waals surface area contributed by atoms with Crippen molar-refractivity contribution in [2.75, 3.05) is 0 Å². The van der Waals surface area contributed by atoms with E-state index in [0.717, 1.165) is 25.7 Å². The number of carboxylic acids is 1. The first-order chi connectivity index (χ1) is 7.27. The quantitative estimate of drug-likeness (QED) is 0.804. The van der Waals surface area contributed by atoms with Crippen LogP contribution in [0.5, 0.6) is 0 Å². The minimum Gasteiger partial charge on any atom is -0.481 e. The molecule has 2 rings (SSSR count). The van der Waals surface area contributed by atoms with Crippen LogP contribution >= 0.6 is 0 Å². The molecule has 2 heteroatoms. The minimum absolute atomic E-state index is 0.135. The summed E-state index contributed by atoms with van der Waals surface area (Å²) < 4.78 is 0. The van der Waals surface area contributed by atoms with Gasteiger partial charge in [0.15, 0.2) is 0 Å². The van der Waals surface area contributed by atoms with Gasteiger partial charge in [0.25, 0.3) is 0 Å². The molecule has 2 nitrogen and oxygen atoms in total. The third-order valence-electron chi connectivity index (χ3n) is 3.29. The molecule has 0 unspecified atom stereocenters. The number of benzene rings is 1. The van der Waals surface area contributed by atoms with Gasteiger partial charge in [-0.3, -0.25) is 4.79 Å². The Morgan fingerprint density at radius 3 is 2.60 bits per heavy atom. The van der Waals surface area contributed by atoms with Crippen molar-refractivity contribution < 1.29 is 9.90 Å². The van der Waals surface area contributed by atoms with Crippen molar-refractivity contribution in [2.45, 2.75) is 31.6 Å². The van der Waals surface area contributed by atoms with Crippen molar-refractivity contribution in [3.63, 3.8) is 0 Å². The molecular weight excluding hydrogens is 188 g/mol. The molecule has 0 bridgehead atoms. The second kappa shape index (κ2) is 4.47. The SMILES string of the molecule is O=C(O)[C@@H]1CCC[C@@H](c2ccccc2)C1. The Kier molecular flexibility index (Phi) is 3.05. The fourth-order valence-corrected chi connectivity index (χ4v) is 2.44. The van der Waals surface area contributed by atoms with Gasteiger partial charge in [-0.15, -0.1) is 0 Å². The molecule has 1 fully saturated rings. The first kappa shape index (κ1) is 10.2. The van der Waals surface area contributed by atoms with Gasteiger partial charge in [0.2, 0.25) is 0 Å². The van der Waals surface area contributed by atoms with E-state index >= 15 is 0 Å². The molecule has 0 amide bonds. The van der Waals surface area contributed by atoms with E-state index in [2.05, 4.69) is 12.1 Å². The van der Waals surface area contributed by atoms with Crippen LogP contribution in [0.4, 0.5) is 0 Å². The van der Waals surface area contributed by atoms with Crippen LogP contribution in [0.3, 0.4) is 0 Å². The van der Waals surface area contributed by atoms with E-state index in [4.69, 9.17) is 5.11 Å². The molecule has 0 heterocycles. The Labute approximate surface area is 89.9 Å². The lowest BCUT2D eigenvalue weighted by molar-refractivity contribution is -0.142. The van der Waals surface area contributed by atoms with Crippen molar-refractivity contribution in [3.05, 3.63) is 35.9 Å². The van der Waals surface area contributed by atoms with Gasteiger partial charge in [-0.2, -0.15) is 0 Å². The fraction of sp³-hybridized carbons (Fsp3) is 0.462. The van der Waals surface area contributed by atoms with E-state index in [1.54, 1.807) is 0 Å². The predicted molar refractivity (Wildman–Crippen MR) is 58.8 cm³/mol. The van der Waals surface area contributed by atoms with Crippen molar-refractivity contribution in [2.24, 2.45) is 5.92 Å². The van der Waals surface area contributed by atoms with Crippen LogP contribution in [0, 0.1) is 5.92 Å². The molecule has 0 radical (unpaired) electrons. The predicted octanol–water partition coefficient (Wildman–Crippen LogP) is 3.05. The Morgan fingerprint density at radius 2 is 1.93 bits per heavy atom. The zero-order chi connectivity index (χ0) is 10.7. The molecule has 1 saturated carbocycles. The smallest absolute Gasteiger partial charge is 0.306 e. The first-order valence-electron chi connectivity index (χ1n) is 5.55. The van der Waals surface area contributed by atoms with E-state index in [0.29, 0.717) is 5.92 Å². The molecule has 0 spiro atoms. The number of hydrogen-bond donors (Lipinski definition) is 1. The highest BCUT2D eigenvalue weighted by Crippen LogP contribution is 2.35. The number of carbonyl (C=O) groups is 1. The van der Waals surface area contributed by atoms with Crippen LogP contribution < -0.4 is 0 Å². The maximum absolute atomic E-state index is 10.9. The summed E-state index contributed by atoms with van der Waals surface area (Å²) in [4.78, 5) is 10.9. The molecule has 1 aromatic rings. The number of hydrogen-bond acceptors (Lipinski definition) is 1. The van der Waals surface area contributed by atoms with Gasteiger partial charge in [0.1, 0.15) is 0 Å². The summed E-state index contributed by atoms with van der Waals surface area (Å²) in [6.07, 6.45) is 3.82. The Bertz CT molecular complexity index is 332. The standard InChI is InChI=1S/C13H16O2/c14-13(15)12-8-4-7-11(9-12)10-5-2-1-3-6-10/h1-3,5-6,11-12H,4,7-9H2,(H,14,15)/t11-,12-/m1/s1. The average molecular weight is 204 g/mol. The molecule has 0 aromatic heterocycles. The molecular formula is C13H16O2. The lowest BCUT2D eigenvalue weighted by Crippen LogP contribution is -2.21. The van der Waals surface area contributed by atoms with Crippen molar-refractivity contribution in [3.8, 4) is 0 Å². The average Bonchev–Trinajstić information content (AvgIpc) is 2.30. The van der Waals surface area contributed by atoms with E-state index in [1.165, 1.54) is 5.56 Å². The fourth-order valence-electron chi connectivity index (χ4n) is 2.44. The summed E-state index contributed by atoms with van der Waals surface area (Å²) >= 11 is 0. The second-order valence-electron chi connectivity index (χ2n) is 4.31. The Morgan fingerprint density at radius 1 is 1.20 bits per heavy atom. The van der Waals surface area contributed by atoms with Crippen molar-refractivity contribution >= 4 is 5.97 Å². The van der Waals surface area contributed by atoms with Crippen LogP contribution in [-0.4, -0.2) is 11.1 Å². The monoisotopic (exact) mass is 204 g/mol. The molecule has 1 N–H and O–H groups in total. The van der Waals surface area contributed by atoms with Gasteiger partial charge in [-0.05, 0) is 30.7 Å². The van der Waals surface area contributed by atoms with Crippen LogP contribution in [-0.2, 0) is 4.79 Å². The normalized spacial score (nSPS) is 26.1. The summed E-state index contributed by atoms with van der Waals surface area (Å²) in [5.41, 5.74) is 1.29. The molecule has 1 aliphatic carbocycles. The first-order valence-corrected chi connectivity index (χ1v) is 5.55. The van der Waals surface area contributed by atoms with Crippen molar-refractivity contribution in [1.82, 2.24) is 0 Å². The molecule has 1 aromatic carbocycles. The maximum atomic E-state index is 10.9. The van der Waals surface area contributed by atoms with Crippen LogP contribution in [0.25, 0.3) is 0 Å². The van der Waals surface area contributed by atoms with E-state index < -0.39 is 5.97 Å². The maximum Gasteiger partial charge on any atom is 0.306 e. The highest BCUT2D eigenvalue weighted by molar-refractivity contribution is 5.70. The summed E-state index contributed by atoms with van der Waals surface area (Å²) in [5, 5.41) is 9.00. The highest BCUT2D eigenvalue weighted by Gasteiger charge is 2.27. The molecule has 0 saturated heterocycles. The van der Waals surface area contributed by atoms with Gasteiger partial charge in [0, 0.05) is 0 Å². The number of carboxylic acid groups (broad SMARTS) is 1. The number of aliphatic carboxylic acids is 1. The minimum atomic E-state index is -0.629. The third kappa shape index (κ3) is 2.38. The van der Waals surface area contributed by atoms with E-state index in [9.17, 15) is 4.79 Å². The topological polar surface area (TPSA) is 37.3 Å². The van der Waals surface area contributed by atoms with Crippen molar-refractivity contribution in [1.29, 1.82) is 0 Å². The largest absolute Gasteiger partial charge is 0.481 e. The van der Waals surface area contributed by atoms with Crippen LogP contribution in [0.2, 0.25) is 0 Å². The van der Waals surface area contributed by atoms with Crippen LogP contribution in [0.15, 0.2) is 30.3 Å². The second-order valence-corrected chi connectivity index (χ2v) is 4.31. The van der Waals surface area contributed by atoms with Gasteiger partial charge in [-0.1, -0.05) is 36.8 Å². The summed E-state index contributed by atoms with van der Waals surface area (Å²) in [6.45, 7) is 0. The molecule has 2 atom stereocenters. The zero-order valence-corrected chi connectivity index (χ0v) is 8.73. The van der Waals surface area contributed by atoms with Crippen LogP contribution in [0.1, 0.15) is 37.2 Å². The van der Waals surface area contributed by atoms with Gasteiger partial charge in [-0.25, -0.2) is 0 Å². The third-order valence-corrected chi connectivity index (χ3v) is 3.29. The lowest BCUT2D eigenvalue weighted by Gasteiger charge is -2.26.